The van der Waals surface area contributed by atoms with Crippen LogP contribution in [0.1, 0.15) is 6.42 Å². The molecular weight excluding hydrogens is 305 g/mol. The van der Waals surface area contributed by atoms with Gasteiger partial charge in [-0.15, -0.1) is 0 Å². The van der Waals surface area contributed by atoms with E-state index in [2.05, 4.69) is 5.32 Å². The molecule has 1 aromatic rings. The van der Waals surface area contributed by atoms with Gasteiger partial charge in [0.25, 0.3) is 0 Å². The first-order chi connectivity index (χ1) is 9.89. The van der Waals surface area contributed by atoms with E-state index in [1.807, 2.05) is 0 Å². The topological polar surface area (TPSA) is 49.4 Å². The number of halogens is 3. The molecule has 2 fully saturated rings. The molecule has 0 saturated carbocycles. The molecule has 0 radical (unpaired) electrons. The highest BCUT2D eigenvalue weighted by Crippen LogP contribution is 2.31. The first-order valence-electron chi connectivity index (χ1n) is 6.75. The van der Waals surface area contributed by atoms with Crippen LogP contribution in [-0.2, 0) is 10.0 Å². The molecule has 1 aromatic carbocycles. The molecule has 0 bridgehead atoms. The van der Waals surface area contributed by atoms with Gasteiger partial charge in [-0.25, -0.2) is 21.6 Å². The molecule has 3 rings (SSSR count). The minimum Gasteiger partial charge on any atom is -0.316 e. The highest BCUT2D eigenvalue weighted by Gasteiger charge is 2.39. The van der Waals surface area contributed by atoms with Gasteiger partial charge in [-0.3, -0.25) is 0 Å². The first kappa shape index (κ1) is 14.8. The number of rotatable bonds is 2. The number of fused-ring (bicyclic) bond motifs is 1. The van der Waals surface area contributed by atoms with E-state index in [1.54, 1.807) is 0 Å². The van der Waals surface area contributed by atoms with Crippen molar-refractivity contribution in [1.29, 1.82) is 0 Å². The Balaban J connectivity index is 1.94. The second kappa shape index (κ2) is 5.26. The van der Waals surface area contributed by atoms with Gasteiger partial charge in [-0.05, 0) is 31.3 Å². The number of nitrogens with one attached hydrogen (secondary N) is 1. The zero-order chi connectivity index (χ0) is 15.2. The summed E-state index contributed by atoms with van der Waals surface area (Å²) in [6.45, 7) is 2.00. The van der Waals surface area contributed by atoms with Crippen molar-refractivity contribution in [3.05, 3.63) is 29.6 Å². The molecule has 21 heavy (non-hydrogen) atoms. The van der Waals surface area contributed by atoms with E-state index < -0.39 is 32.4 Å². The maximum absolute atomic E-state index is 13.7. The van der Waals surface area contributed by atoms with Crippen LogP contribution in [0.4, 0.5) is 13.2 Å². The van der Waals surface area contributed by atoms with Gasteiger partial charge in [-0.1, -0.05) is 0 Å². The minimum absolute atomic E-state index is 0.153. The number of sulfonamides is 1. The SMILES string of the molecule is O=S(=O)(c1c(F)cc(F)cc1F)N1CCC2CNCC2C1. The van der Waals surface area contributed by atoms with Crippen molar-refractivity contribution < 1.29 is 21.6 Å². The van der Waals surface area contributed by atoms with Crippen LogP contribution in [0.2, 0.25) is 0 Å². The van der Waals surface area contributed by atoms with E-state index in [9.17, 15) is 21.6 Å². The summed E-state index contributed by atoms with van der Waals surface area (Å²) in [5.74, 6) is -3.36. The van der Waals surface area contributed by atoms with E-state index in [4.69, 9.17) is 0 Å². The predicted molar refractivity (Wildman–Crippen MR) is 69.5 cm³/mol. The number of hydrogen-bond acceptors (Lipinski definition) is 3. The van der Waals surface area contributed by atoms with Crippen molar-refractivity contribution in [2.75, 3.05) is 26.2 Å². The standard InChI is InChI=1S/C13H15F3N2O2S/c14-10-3-11(15)13(12(16)4-10)21(19,20)18-2-1-8-5-17-6-9(8)7-18/h3-4,8-9,17H,1-2,5-7H2. The highest BCUT2D eigenvalue weighted by molar-refractivity contribution is 7.89. The molecule has 2 aliphatic rings. The van der Waals surface area contributed by atoms with Gasteiger partial charge in [0.05, 0.1) is 0 Å². The summed E-state index contributed by atoms with van der Waals surface area (Å²) in [6.07, 6.45) is 0.654. The third-order valence-corrected chi connectivity index (χ3v) is 6.15. The van der Waals surface area contributed by atoms with Crippen LogP contribution in [0.15, 0.2) is 17.0 Å². The average molecular weight is 320 g/mol. The van der Waals surface area contributed by atoms with Gasteiger partial charge in [0, 0.05) is 25.2 Å². The van der Waals surface area contributed by atoms with E-state index in [0.717, 1.165) is 10.8 Å². The number of hydrogen-bond donors (Lipinski definition) is 1. The first-order valence-corrected chi connectivity index (χ1v) is 8.19. The molecule has 2 heterocycles. The minimum atomic E-state index is -4.29. The van der Waals surface area contributed by atoms with Crippen molar-refractivity contribution in [2.45, 2.75) is 11.3 Å². The Kier molecular flexibility index (Phi) is 3.71. The van der Waals surface area contributed by atoms with Crippen LogP contribution in [0.3, 0.4) is 0 Å². The summed E-state index contributed by atoms with van der Waals surface area (Å²) < 4.78 is 66.3. The lowest BCUT2D eigenvalue weighted by atomic mass is 9.90. The van der Waals surface area contributed by atoms with Crippen LogP contribution in [0.5, 0.6) is 0 Å². The van der Waals surface area contributed by atoms with Crippen LogP contribution in [0.25, 0.3) is 0 Å². The number of benzene rings is 1. The van der Waals surface area contributed by atoms with Crippen LogP contribution in [-0.4, -0.2) is 38.9 Å². The Labute approximate surface area is 121 Å². The molecule has 0 aromatic heterocycles. The van der Waals surface area contributed by atoms with E-state index in [-0.39, 0.29) is 19.0 Å². The summed E-state index contributed by atoms with van der Waals surface area (Å²) in [7, 11) is -4.29. The largest absolute Gasteiger partial charge is 0.316 e. The summed E-state index contributed by atoms with van der Waals surface area (Å²) in [4.78, 5) is -1.06. The average Bonchev–Trinajstić information content (AvgIpc) is 2.83. The fraction of sp³-hybridized carbons (Fsp3) is 0.538. The summed E-state index contributed by atoms with van der Waals surface area (Å²) in [5.41, 5.74) is 0. The maximum atomic E-state index is 13.7. The van der Waals surface area contributed by atoms with Gasteiger partial charge >= 0.3 is 0 Å². The Bertz CT molecular complexity index is 642. The molecule has 2 unspecified atom stereocenters. The molecule has 0 aliphatic carbocycles. The van der Waals surface area contributed by atoms with Crippen molar-refractivity contribution in [3.63, 3.8) is 0 Å². The molecule has 116 valence electrons. The summed E-state index contributed by atoms with van der Waals surface area (Å²) >= 11 is 0. The van der Waals surface area contributed by atoms with E-state index in [1.165, 1.54) is 0 Å². The zero-order valence-electron chi connectivity index (χ0n) is 11.2. The summed E-state index contributed by atoms with van der Waals surface area (Å²) in [5, 5.41) is 3.19. The fourth-order valence-electron chi connectivity index (χ4n) is 3.12. The van der Waals surface area contributed by atoms with E-state index in [0.29, 0.717) is 31.0 Å². The van der Waals surface area contributed by atoms with Crippen molar-refractivity contribution >= 4 is 10.0 Å². The molecule has 0 amide bonds. The lowest BCUT2D eigenvalue weighted by Gasteiger charge is -2.33. The smallest absolute Gasteiger partial charge is 0.248 e. The van der Waals surface area contributed by atoms with Gasteiger partial charge in [0.15, 0.2) is 4.90 Å². The Morgan fingerprint density at radius 2 is 1.71 bits per heavy atom. The molecule has 2 aliphatic heterocycles. The third-order valence-electron chi connectivity index (χ3n) is 4.23. The quantitative estimate of drug-likeness (QED) is 0.894. The number of nitrogens with zero attached hydrogens (tertiary/aromatic N) is 1. The molecule has 8 heteroatoms. The Morgan fingerprint density at radius 1 is 1.10 bits per heavy atom. The van der Waals surface area contributed by atoms with E-state index >= 15 is 0 Å². The second-order valence-electron chi connectivity index (χ2n) is 5.53. The lowest BCUT2D eigenvalue weighted by molar-refractivity contribution is 0.227. The van der Waals surface area contributed by atoms with Crippen LogP contribution < -0.4 is 5.32 Å². The van der Waals surface area contributed by atoms with Crippen LogP contribution >= 0.6 is 0 Å². The van der Waals surface area contributed by atoms with Gasteiger partial charge in [0.1, 0.15) is 17.5 Å². The van der Waals surface area contributed by atoms with Crippen molar-refractivity contribution in [2.24, 2.45) is 11.8 Å². The number of piperidine rings is 1. The Hall–Kier alpha value is -1.12. The monoisotopic (exact) mass is 320 g/mol. The highest BCUT2D eigenvalue weighted by atomic mass is 32.2. The molecule has 4 nitrogen and oxygen atoms in total. The second-order valence-corrected chi connectivity index (χ2v) is 7.40. The maximum Gasteiger partial charge on any atom is 0.248 e. The fourth-order valence-corrected chi connectivity index (χ4v) is 4.73. The van der Waals surface area contributed by atoms with Crippen molar-refractivity contribution in [3.8, 4) is 0 Å². The molecule has 1 N–H and O–H groups in total. The van der Waals surface area contributed by atoms with Gasteiger partial charge < -0.3 is 5.32 Å². The Morgan fingerprint density at radius 3 is 2.38 bits per heavy atom. The van der Waals surface area contributed by atoms with Gasteiger partial charge in [0.2, 0.25) is 10.0 Å². The molecule has 0 spiro atoms. The lowest BCUT2D eigenvalue weighted by Crippen LogP contribution is -2.43. The van der Waals surface area contributed by atoms with Crippen LogP contribution in [0, 0.1) is 29.3 Å². The van der Waals surface area contributed by atoms with Gasteiger partial charge in [-0.2, -0.15) is 4.31 Å². The normalized spacial score (nSPS) is 26.8. The molecular formula is C13H15F3N2O2S. The predicted octanol–water partition coefficient (Wildman–Crippen LogP) is 1.33. The molecule has 2 saturated heterocycles. The molecule has 2 atom stereocenters. The van der Waals surface area contributed by atoms with Crippen molar-refractivity contribution in [1.82, 2.24) is 9.62 Å². The summed E-state index contributed by atoms with van der Waals surface area (Å²) in [6, 6.07) is 0.777. The zero-order valence-corrected chi connectivity index (χ0v) is 12.0. The third kappa shape index (κ3) is 2.56.